The molecule has 4 aliphatic rings. The standard InChI is InChI=1S/C26H35NO/c1-16-13-18-15-19(28)8-10-25(18,3)20-9-11-26(4)21(23(16)20)14-17(2)24(26)22-7-5-6-12-27-22/h5-7,12-13,16,19-21,23,28H,8-11,14-15H2,1-4H3/t16?,19?,20-,21+,23-,25+,26+/m1/s1. The molecule has 2 fully saturated rings. The predicted octanol–water partition coefficient (Wildman–Crippen LogP) is 6.03. The zero-order valence-corrected chi connectivity index (χ0v) is 17.9. The van der Waals surface area contributed by atoms with Crippen molar-refractivity contribution in [3.05, 3.63) is 47.3 Å². The summed E-state index contributed by atoms with van der Waals surface area (Å²) in [7, 11) is 0. The summed E-state index contributed by atoms with van der Waals surface area (Å²) in [6.07, 6.45) is 11.3. The lowest BCUT2D eigenvalue weighted by Crippen LogP contribution is -2.52. The molecule has 7 atom stereocenters. The molecule has 5 rings (SSSR count). The van der Waals surface area contributed by atoms with Gasteiger partial charge in [-0.15, -0.1) is 0 Å². The summed E-state index contributed by atoms with van der Waals surface area (Å²) in [4.78, 5) is 4.76. The van der Waals surface area contributed by atoms with E-state index in [0.29, 0.717) is 11.3 Å². The van der Waals surface area contributed by atoms with Gasteiger partial charge in [0.05, 0.1) is 11.8 Å². The zero-order chi connectivity index (χ0) is 19.7. The Morgan fingerprint density at radius 3 is 2.57 bits per heavy atom. The highest BCUT2D eigenvalue weighted by Crippen LogP contribution is 2.68. The number of nitrogens with zero attached hydrogens (tertiary/aromatic N) is 1. The van der Waals surface area contributed by atoms with Gasteiger partial charge in [-0.25, -0.2) is 0 Å². The highest BCUT2D eigenvalue weighted by atomic mass is 16.3. The Bertz CT molecular complexity index is 839. The molecule has 2 heteroatoms. The van der Waals surface area contributed by atoms with Crippen LogP contribution in [0, 0.1) is 34.5 Å². The van der Waals surface area contributed by atoms with Gasteiger partial charge in [-0.3, -0.25) is 4.98 Å². The van der Waals surface area contributed by atoms with E-state index < -0.39 is 0 Å². The molecule has 1 aromatic heterocycles. The van der Waals surface area contributed by atoms with Crippen LogP contribution in [0.2, 0.25) is 0 Å². The average molecular weight is 378 g/mol. The normalized spacial score (nSPS) is 45.2. The van der Waals surface area contributed by atoms with Crippen molar-refractivity contribution in [3.8, 4) is 0 Å². The predicted molar refractivity (Wildman–Crippen MR) is 114 cm³/mol. The molecule has 0 spiro atoms. The number of pyridine rings is 1. The Balaban J connectivity index is 1.55. The van der Waals surface area contributed by atoms with Crippen LogP contribution in [0.5, 0.6) is 0 Å². The molecule has 1 heterocycles. The first-order chi connectivity index (χ1) is 13.3. The molecule has 0 aromatic carbocycles. The van der Waals surface area contributed by atoms with E-state index >= 15 is 0 Å². The van der Waals surface area contributed by atoms with Crippen LogP contribution in [-0.2, 0) is 0 Å². The molecular weight excluding hydrogens is 342 g/mol. The van der Waals surface area contributed by atoms with Crippen molar-refractivity contribution in [2.45, 2.75) is 72.3 Å². The van der Waals surface area contributed by atoms with Crippen molar-refractivity contribution in [1.82, 2.24) is 4.98 Å². The first-order valence-corrected chi connectivity index (χ1v) is 11.4. The summed E-state index contributed by atoms with van der Waals surface area (Å²) in [5.41, 5.74) is 6.44. The van der Waals surface area contributed by atoms with Crippen molar-refractivity contribution >= 4 is 5.57 Å². The molecule has 0 amide bonds. The molecule has 0 bridgehead atoms. The number of hydrogen-bond acceptors (Lipinski definition) is 2. The maximum absolute atomic E-state index is 10.3. The molecule has 0 aliphatic heterocycles. The number of hydrogen-bond donors (Lipinski definition) is 1. The van der Waals surface area contributed by atoms with E-state index in [1.165, 1.54) is 25.0 Å². The molecule has 1 aromatic rings. The van der Waals surface area contributed by atoms with Crippen LogP contribution in [0.15, 0.2) is 41.6 Å². The minimum Gasteiger partial charge on any atom is -0.393 e. The number of aliphatic hydroxyl groups is 1. The smallest absolute Gasteiger partial charge is 0.0666 e. The number of allylic oxidation sites excluding steroid dienone is 3. The Morgan fingerprint density at radius 1 is 1.04 bits per heavy atom. The van der Waals surface area contributed by atoms with E-state index in [1.54, 1.807) is 16.7 Å². The second-order valence-electron chi connectivity index (χ2n) is 10.7. The molecule has 0 saturated heterocycles. The van der Waals surface area contributed by atoms with Gasteiger partial charge in [0.1, 0.15) is 0 Å². The van der Waals surface area contributed by atoms with E-state index in [0.717, 1.165) is 37.0 Å². The molecule has 4 aliphatic carbocycles. The van der Waals surface area contributed by atoms with Crippen LogP contribution in [0.1, 0.15) is 71.9 Å². The van der Waals surface area contributed by atoms with E-state index in [2.05, 4.69) is 45.9 Å². The molecule has 1 N–H and O–H groups in total. The Hall–Kier alpha value is -1.41. The Kier molecular flexibility index (Phi) is 4.18. The SMILES string of the molecule is CC1=C(c2ccccn2)[C@@]2(C)CC[C@@H]3[C@@H](C(C)C=C4CC(O)CC[C@@]43C)[C@@H]2C1. The highest BCUT2D eigenvalue weighted by Gasteiger charge is 2.59. The summed E-state index contributed by atoms with van der Waals surface area (Å²) >= 11 is 0. The molecule has 28 heavy (non-hydrogen) atoms. The fourth-order valence-electron chi connectivity index (χ4n) is 7.95. The van der Waals surface area contributed by atoms with Crippen molar-refractivity contribution in [3.63, 3.8) is 0 Å². The monoisotopic (exact) mass is 377 g/mol. The van der Waals surface area contributed by atoms with Crippen LogP contribution >= 0.6 is 0 Å². The van der Waals surface area contributed by atoms with Gasteiger partial charge in [-0.1, -0.05) is 44.1 Å². The van der Waals surface area contributed by atoms with Crippen molar-refractivity contribution in [2.75, 3.05) is 0 Å². The lowest BCUT2D eigenvalue weighted by Gasteiger charge is -2.59. The highest BCUT2D eigenvalue weighted by molar-refractivity contribution is 5.73. The van der Waals surface area contributed by atoms with Gasteiger partial charge in [0, 0.05) is 6.20 Å². The summed E-state index contributed by atoms with van der Waals surface area (Å²) in [5, 5.41) is 10.3. The van der Waals surface area contributed by atoms with Gasteiger partial charge in [0.15, 0.2) is 0 Å². The molecule has 0 radical (unpaired) electrons. The van der Waals surface area contributed by atoms with Crippen LogP contribution in [0.25, 0.3) is 5.57 Å². The summed E-state index contributed by atoms with van der Waals surface area (Å²) in [6.45, 7) is 9.86. The molecule has 2 nitrogen and oxygen atoms in total. The third-order valence-corrected chi connectivity index (χ3v) is 9.24. The molecule has 2 unspecified atom stereocenters. The fourth-order valence-corrected chi connectivity index (χ4v) is 7.95. The fraction of sp³-hybridized carbons (Fsp3) is 0.654. The first-order valence-electron chi connectivity index (χ1n) is 11.4. The van der Waals surface area contributed by atoms with Gasteiger partial charge >= 0.3 is 0 Å². The second-order valence-corrected chi connectivity index (χ2v) is 10.7. The van der Waals surface area contributed by atoms with E-state index in [9.17, 15) is 5.11 Å². The van der Waals surface area contributed by atoms with Gasteiger partial charge in [-0.05, 0) is 97.7 Å². The maximum atomic E-state index is 10.3. The lowest BCUT2D eigenvalue weighted by atomic mass is 9.45. The number of aliphatic hydroxyl groups excluding tert-OH is 1. The summed E-state index contributed by atoms with van der Waals surface area (Å²) in [5.74, 6) is 2.85. The van der Waals surface area contributed by atoms with Gasteiger partial charge in [-0.2, -0.15) is 0 Å². The number of fused-ring (bicyclic) bond motifs is 5. The van der Waals surface area contributed by atoms with E-state index in [4.69, 9.17) is 4.98 Å². The van der Waals surface area contributed by atoms with Crippen LogP contribution < -0.4 is 0 Å². The van der Waals surface area contributed by atoms with Gasteiger partial charge in [0.25, 0.3) is 0 Å². The molecule has 2 saturated carbocycles. The lowest BCUT2D eigenvalue weighted by molar-refractivity contribution is -0.0429. The Morgan fingerprint density at radius 2 is 1.82 bits per heavy atom. The summed E-state index contributed by atoms with van der Waals surface area (Å²) < 4.78 is 0. The van der Waals surface area contributed by atoms with Crippen LogP contribution in [0.4, 0.5) is 0 Å². The third kappa shape index (κ3) is 2.46. The van der Waals surface area contributed by atoms with Gasteiger partial charge < -0.3 is 5.11 Å². The first kappa shape index (κ1) is 18.6. The van der Waals surface area contributed by atoms with E-state index in [1.807, 2.05) is 12.3 Å². The van der Waals surface area contributed by atoms with Crippen LogP contribution in [0.3, 0.4) is 0 Å². The summed E-state index contributed by atoms with van der Waals surface area (Å²) in [6, 6.07) is 6.38. The van der Waals surface area contributed by atoms with Crippen molar-refractivity contribution in [2.24, 2.45) is 34.5 Å². The minimum absolute atomic E-state index is 0.122. The third-order valence-electron chi connectivity index (χ3n) is 9.24. The minimum atomic E-state index is -0.122. The number of rotatable bonds is 1. The van der Waals surface area contributed by atoms with E-state index in [-0.39, 0.29) is 11.5 Å². The largest absolute Gasteiger partial charge is 0.393 e. The second kappa shape index (κ2) is 6.29. The zero-order valence-electron chi connectivity index (χ0n) is 17.9. The van der Waals surface area contributed by atoms with Crippen molar-refractivity contribution < 1.29 is 5.11 Å². The molecular formula is C26H35NO. The van der Waals surface area contributed by atoms with Gasteiger partial charge in [0.2, 0.25) is 0 Å². The van der Waals surface area contributed by atoms with Crippen LogP contribution in [-0.4, -0.2) is 16.2 Å². The topological polar surface area (TPSA) is 33.1 Å². The average Bonchev–Trinajstić information content (AvgIpc) is 2.94. The molecule has 150 valence electrons. The quantitative estimate of drug-likeness (QED) is 0.606. The Labute approximate surface area is 170 Å². The van der Waals surface area contributed by atoms with Crippen molar-refractivity contribution in [1.29, 1.82) is 0 Å². The maximum Gasteiger partial charge on any atom is 0.0666 e. The number of aromatic nitrogens is 1.